The summed E-state index contributed by atoms with van der Waals surface area (Å²) in [5.41, 5.74) is 2.36. The highest BCUT2D eigenvalue weighted by Crippen LogP contribution is 2.20. The van der Waals surface area contributed by atoms with Crippen LogP contribution >= 0.6 is 0 Å². The van der Waals surface area contributed by atoms with Crippen LogP contribution in [0.1, 0.15) is 37.8 Å². The Morgan fingerprint density at radius 3 is 2.43 bits per heavy atom. The molecule has 128 valence electrons. The SMILES string of the molecule is Cc1ccc(CNC(=O)NCCCN2C[C@H](C)C[C@H](C)C2)cc1. The van der Waals surface area contributed by atoms with Gasteiger partial charge in [0.05, 0.1) is 0 Å². The predicted octanol–water partition coefficient (Wildman–Crippen LogP) is 3.16. The minimum atomic E-state index is -0.0778. The Kier molecular flexibility index (Phi) is 6.90. The molecule has 2 N–H and O–H groups in total. The highest BCUT2D eigenvalue weighted by molar-refractivity contribution is 5.73. The smallest absolute Gasteiger partial charge is 0.315 e. The Balaban J connectivity index is 1.57. The summed E-state index contributed by atoms with van der Waals surface area (Å²) in [6.45, 7) is 11.5. The van der Waals surface area contributed by atoms with Crippen molar-refractivity contribution in [2.24, 2.45) is 11.8 Å². The van der Waals surface area contributed by atoms with Crippen molar-refractivity contribution in [3.8, 4) is 0 Å². The Morgan fingerprint density at radius 1 is 1.13 bits per heavy atom. The minimum Gasteiger partial charge on any atom is -0.338 e. The lowest BCUT2D eigenvalue weighted by molar-refractivity contribution is 0.139. The van der Waals surface area contributed by atoms with Gasteiger partial charge in [-0.15, -0.1) is 0 Å². The van der Waals surface area contributed by atoms with Gasteiger partial charge in [0.15, 0.2) is 0 Å². The topological polar surface area (TPSA) is 44.4 Å². The van der Waals surface area contributed by atoms with E-state index in [0.717, 1.165) is 36.9 Å². The third-order valence-corrected chi connectivity index (χ3v) is 4.45. The molecule has 4 heteroatoms. The second kappa shape index (κ2) is 8.92. The van der Waals surface area contributed by atoms with Gasteiger partial charge in [0.2, 0.25) is 0 Å². The standard InChI is InChI=1S/C19H31N3O/c1-15-5-7-18(8-6-15)12-21-19(23)20-9-4-10-22-13-16(2)11-17(3)14-22/h5-8,16-17H,4,9-14H2,1-3H3,(H2,20,21,23)/t16-,17+. The van der Waals surface area contributed by atoms with Crippen LogP contribution in [-0.2, 0) is 6.54 Å². The molecule has 1 fully saturated rings. The van der Waals surface area contributed by atoms with Crippen LogP contribution in [0, 0.1) is 18.8 Å². The lowest BCUT2D eigenvalue weighted by Crippen LogP contribution is -2.41. The van der Waals surface area contributed by atoms with E-state index >= 15 is 0 Å². The Morgan fingerprint density at radius 2 is 1.78 bits per heavy atom. The number of piperidine rings is 1. The second-order valence-electron chi connectivity index (χ2n) is 7.15. The van der Waals surface area contributed by atoms with Crippen LogP contribution in [0.2, 0.25) is 0 Å². The van der Waals surface area contributed by atoms with E-state index in [-0.39, 0.29) is 6.03 Å². The zero-order valence-corrected chi connectivity index (χ0v) is 14.8. The fourth-order valence-electron chi connectivity index (χ4n) is 3.43. The van der Waals surface area contributed by atoms with Crippen molar-refractivity contribution in [2.45, 2.75) is 40.2 Å². The van der Waals surface area contributed by atoms with Crippen LogP contribution in [-0.4, -0.2) is 37.1 Å². The van der Waals surface area contributed by atoms with E-state index in [4.69, 9.17) is 0 Å². The maximum Gasteiger partial charge on any atom is 0.315 e. The maximum atomic E-state index is 11.8. The van der Waals surface area contributed by atoms with Gasteiger partial charge in [0.25, 0.3) is 0 Å². The molecular weight excluding hydrogens is 286 g/mol. The van der Waals surface area contributed by atoms with E-state index in [1.165, 1.54) is 25.1 Å². The summed E-state index contributed by atoms with van der Waals surface area (Å²) in [7, 11) is 0. The molecule has 0 aliphatic carbocycles. The van der Waals surface area contributed by atoms with Gasteiger partial charge in [-0.25, -0.2) is 4.79 Å². The van der Waals surface area contributed by atoms with Gasteiger partial charge in [0.1, 0.15) is 0 Å². The summed E-state index contributed by atoms with van der Waals surface area (Å²) < 4.78 is 0. The first-order valence-corrected chi connectivity index (χ1v) is 8.82. The number of aryl methyl sites for hydroxylation is 1. The molecule has 1 aromatic carbocycles. The van der Waals surface area contributed by atoms with Crippen molar-refractivity contribution in [3.05, 3.63) is 35.4 Å². The number of nitrogens with one attached hydrogen (secondary N) is 2. The number of nitrogens with zero attached hydrogens (tertiary/aromatic N) is 1. The van der Waals surface area contributed by atoms with Crippen molar-refractivity contribution >= 4 is 6.03 Å². The molecule has 1 aromatic rings. The van der Waals surface area contributed by atoms with E-state index in [2.05, 4.69) is 48.4 Å². The van der Waals surface area contributed by atoms with Crippen LogP contribution in [0.4, 0.5) is 4.79 Å². The summed E-state index contributed by atoms with van der Waals surface area (Å²) in [6, 6.07) is 8.15. The fourth-order valence-corrected chi connectivity index (χ4v) is 3.43. The summed E-state index contributed by atoms with van der Waals surface area (Å²) in [6.07, 6.45) is 2.35. The maximum absolute atomic E-state index is 11.8. The normalized spacial score (nSPS) is 21.9. The monoisotopic (exact) mass is 317 g/mol. The number of rotatable bonds is 6. The lowest BCUT2D eigenvalue weighted by Gasteiger charge is -2.34. The number of carbonyl (C=O) groups is 1. The zero-order valence-electron chi connectivity index (χ0n) is 14.8. The van der Waals surface area contributed by atoms with Crippen LogP contribution < -0.4 is 10.6 Å². The number of hydrogen-bond acceptors (Lipinski definition) is 2. The highest BCUT2D eigenvalue weighted by Gasteiger charge is 2.20. The number of amides is 2. The van der Waals surface area contributed by atoms with Gasteiger partial charge in [-0.1, -0.05) is 43.7 Å². The van der Waals surface area contributed by atoms with Gasteiger partial charge in [-0.3, -0.25) is 0 Å². The van der Waals surface area contributed by atoms with Crippen molar-refractivity contribution in [2.75, 3.05) is 26.2 Å². The first-order valence-electron chi connectivity index (χ1n) is 8.82. The third kappa shape index (κ3) is 6.61. The Labute approximate surface area is 140 Å². The average molecular weight is 317 g/mol. The molecule has 0 bridgehead atoms. The number of urea groups is 1. The molecule has 0 unspecified atom stereocenters. The van der Waals surface area contributed by atoms with Gasteiger partial charge in [0, 0.05) is 26.2 Å². The zero-order chi connectivity index (χ0) is 16.7. The van der Waals surface area contributed by atoms with Crippen molar-refractivity contribution < 1.29 is 4.79 Å². The number of carbonyl (C=O) groups excluding carboxylic acids is 1. The molecule has 23 heavy (non-hydrogen) atoms. The van der Waals surface area contributed by atoms with Crippen molar-refractivity contribution in [3.63, 3.8) is 0 Å². The molecule has 2 rings (SSSR count). The largest absolute Gasteiger partial charge is 0.338 e. The second-order valence-corrected chi connectivity index (χ2v) is 7.15. The summed E-state index contributed by atoms with van der Waals surface area (Å²) in [5, 5.41) is 5.86. The molecular formula is C19H31N3O. The quantitative estimate of drug-likeness (QED) is 0.792. The van der Waals surface area contributed by atoms with E-state index in [1.54, 1.807) is 0 Å². The average Bonchev–Trinajstić information content (AvgIpc) is 2.50. The first kappa shape index (κ1) is 17.8. The van der Waals surface area contributed by atoms with Crippen LogP contribution in [0.15, 0.2) is 24.3 Å². The predicted molar refractivity (Wildman–Crippen MR) is 95.4 cm³/mol. The molecule has 0 aromatic heterocycles. The highest BCUT2D eigenvalue weighted by atomic mass is 16.2. The Bertz CT molecular complexity index is 476. The fraction of sp³-hybridized carbons (Fsp3) is 0.632. The van der Waals surface area contributed by atoms with E-state index in [1.807, 2.05) is 12.1 Å². The van der Waals surface area contributed by atoms with Crippen LogP contribution in [0.25, 0.3) is 0 Å². The minimum absolute atomic E-state index is 0.0778. The van der Waals surface area contributed by atoms with Gasteiger partial charge in [-0.2, -0.15) is 0 Å². The molecule has 2 amide bonds. The Hall–Kier alpha value is -1.55. The number of hydrogen-bond donors (Lipinski definition) is 2. The molecule has 1 aliphatic rings. The molecule has 4 nitrogen and oxygen atoms in total. The molecule has 1 aliphatic heterocycles. The summed E-state index contributed by atoms with van der Waals surface area (Å²) >= 11 is 0. The lowest BCUT2D eigenvalue weighted by atomic mass is 9.92. The van der Waals surface area contributed by atoms with Crippen molar-refractivity contribution in [1.29, 1.82) is 0 Å². The summed E-state index contributed by atoms with van der Waals surface area (Å²) in [5.74, 6) is 1.59. The van der Waals surface area contributed by atoms with E-state index in [9.17, 15) is 4.79 Å². The summed E-state index contributed by atoms with van der Waals surface area (Å²) in [4.78, 5) is 14.3. The molecule has 0 radical (unpaired) electrons. The molecule has 1 saturated heterocycles. The van der Waals surface area contributed by atoms with Crippen molar-refractivity contribution in [1.82, 2.24) is 15.5 Å². The van der Waals surface area contributed by atoms with E-state index in [0.29, 0.717) is 6.54 Å². The van der Waals surface area contributed by atoms with Gasteiger partial charge < -0.3 is 15.5 Å². The van der Waals surface area contributed by atoms with Gasteiger partial charge in [-0.05, 0) is 43.7 Å². The van der Waals surface area contributed by atoms with Crippen LogP contribution in [0.3, 0.4) is 0 Å². The first-order chi connectivity index (χ1) is 11.0. The number of likely N-dealkylation sites (tertiary alicyclic amines) is 1. The molecule has 1 heterocycles. The molecule has 2 atom stereocenters. The van der Waals surface area contributed by atoms with E-state index < -0.39 is 0 Å². The molecule has 0 spiro atoms. The van der Waals surface area contributed by atoms with Crippen LogP contribution in [0.5, 0.6) is 0 Å². The van der Waals surface area contributed by atoms with Gasteiger partial charge >= 0.3 is 6.03 Å². The number of benzene rings is 1. The molecule has 0 saturated carbocycles. The third-order valence-electron chi connectivity index (χ3n) is 4.45.